The Bertz CT molecular complexity index is 795. The maximum atomic E-state index is 12.2. The molecule has 11 nitrogen and oxygen atoms in total. The first-order valence-corrected chi connectivity index (χ1v) is 9.97. The highest BCUT2D eigenvalue weighted by Gasteiger charge is 2.22. The molecule has 30 heavy (non-hydrogen) atoms. The maximum Gasteiger partial charge on any atom is 0.322 e. The van der Waals surface area contributed by atoms with Crippen LogP contribution in [0.25, 0.3) is 0 Å². The van der Waals surface area contributed by atoms with E-state index in [1.807, 2.05) is 6.07 Å². The van der Waals surface area contributed by atoms with E-state index >= 15 is 0 Å². The number of benzene rings is 1. The molecule has 2 atom stereocenters. The molecule has 0 aliphatic rings. The molecule has 0 aliphatic carbocycles. The third-order valence-corrected chi connectivity index (χ3v) is 4.66. The van der Waals surface area contributed by atoms with E-state index in [1.54, 1.807) is 24.3 Å². The quantitative estimate of drug-likeness (QED) is 0.173. The molecular weight excluding hydrogens is 414 g/mol. The van der Waals surface area contributed by atoms with Gasteiger partial charge in [0, 0.05) is 17.9 Å². The van der Waals surface area contributed by atoms with Crippen molar-refractivity contribution in [2.45, 2.75) is 24.9 Å². The second-order valence-electron chi connectivity index (χ2n) is 6.10. The van der Waals surface area contributed by atoms with Gasteiger partial charge in [-0.05, 0) is 30.7 Å². The van der Waals surface area contributed by atoms with Crippen LogP contribution in [0.15, 0.2) is 24.3 Å². The number of hydrogen-bond acceptors (Lipinski definition) is 8. The summed E-state index contributed by atoms with van der Waals surface area (Å²) in [6.07, 6.45) is -0.289. The van der Waals surface area contributed by atoms with Crippen molar-refractivity contribution >= 4 is 41.2 Å². The van der Waals surface area contributed by atoms with E-state index in [4.69, 9.17) is 21.2 Å². The van der Waals surface area contributed by atoms with E-state index in [9.17, 15) is 19.2 Å². The summed E-state index contributed by atoms with van der Waals surface area (Å²) in [4.78, 5) is 45.6. The van der Waals surface area contributed by atoms with Crippen LogP contribution < -0.4 is 21.7 Å². The van der Waals surface area contributed by atoms with Gasteiger partial charge in [0.05, 0.1) is 17.5 Å². The SMILES string of the molecule is N#Cc1ccc(NCSC[C@H](NC(=O)CC[C@H](N)C(=O)O)C(=O)NCC(=O)O)cc1. The van der Waals surface area contributed by atoms with Crippen molar-refractivity contribution in [3.05, 3.63) is 29.8 Å². The normalized spacial score (nSPS) is 12.1. The van der Waals surface area contributed by atoms with Gasteiger partial charge in [0.1, 0.15) is 18.6 Å². The number of nitrogens with two attached hydrogens (primary N) is 1. The molecule has 1 rings (SSSR count). The second kappa shape index (κ2) is 13.0. The average Bonchev–Trinajstić information content (AvgIpc) is 2.72. The number of rotatable bonds is 13. The molecule has 0 aliphatic heterocycles. The molecule has 0 saturated carbocycles. The first kappa shape index (κ1) is 24.7. The van der Waals surface area contributed by atoms with Crippen LogP contribution >= 0.6 is 11.8 Å². The lowest BCUT2D eigenvalue weighted by molar-refractivity contribution is -0.139. The Kier molecular flexibility index (Phi) is 10.7. The van der Waals surface area contributed by atoms with Crippen molar-refractivity contribution in [3.63, 3.8) is 0 Å². The van der Waals surface area contributed by atoms with Crippen LogP contribution in [-0.2, 0) is 19.2 Å². The Hall–Kier alpha value is -3.30. The molecule has 0 saturated heterocycles. The minimum absolute atomic E-state index is 0.0992. The molecule has 0 aromatic heterocycles. The summed E-state index contributed by atoms with van der Waals surface area (Å²) in [5, 5.41) is 34.0. The third kappa shape index (κ3) is 9.76. The zero-order valence-electron chi connectivity index (χ0n) is 16.0. The number of amides is 2. The number of hydrogen-bond donors (Lipinski definition) is 6. The van der Waals surface area contributed by atoms with Crippen LogP contribution in [0, 0.1) is 11.3 Å². The molecule has 162 valence electrons. The Morgan fingerprint density at radius 3 is 2.40 bits per heavy atom. The van der Waals surface area contributed by atoms with Gasteiger partial charge in [0.25, 0.3) is 0 Å². The topological polar surface area (TPSA) is 195 Å². The summed E-state index contributed by atoms with van der Waals surface area (Å²) >= 11 is 1.28. The van der Waals surface area contributed by atoms with E-state index < -0.39 is 42.4 Å². The molecule has 0 unspecified atom stereocenters. The van der Waals surface area contributed by atoms with E-state index in [0.717, 1.165) is 5.69 Å². The lowest BCUT2D eigenvalue weighted by Gasteiger charge is -2.18. The van der Waals surface area contributed by atoms with Crippen molar-refractivity contribution in [2.24, 2.45) is 5.73 Å². The van der Waals surface area contributed by atoms with E-state index in [2.05, 4.69) is 16.0 Å². The molecular formula is C18H23N5O6S. The third-order valence-electron chi connectivity index (χ3n) is 3.74. The van der Waals surface area contributed by atoms with Gasteiger partial charge in [0.2, 0.25) is 11.8 Å². The van der Waals surface area contributed by atoms with Crippen LogP contribution in [-0.4, -0.2) is 64.2 Å². The average molecular weight is 437 g/mol. The molecule has 1 aromatic carbocycles. The summed E-state index contributed by atoms with van der Waals surface area (Å²) in [7, 11) is 0. The van der Waals surface area contributed by atoms with E-state index in [-0.39, 0.29) is 18.6 Å². The van der Waals surface area contributed by atoms with Gasteiger partial charge in [-0.25, -0.2) is 0 Å². The number of nitrogens with one attached hydrogen (secondary N) is 3. The van der Waals surface area contributed by atoms with Crippen molar-refractivity contribution in [2.75, 3.05) is 23.5 Å². The van der Waals surface area contributed by atoms with Crippen molar-refractivity contribution < 1.29 is 29.4 Å². The predicted molar refractivity (Wildman–Crippen MR) is 110 cm³/mol. The zero-order valence-corrected chi connectivity index (χ0v) is 16.8. The molecule has 12 heteroatoms. The van der Waals surface area contributed by atoms with Crippen LogP contribution in [0.2, 0.25) is 0 Å². The predicted octanol–water partition coefficient (Wildman–Crippen LogP) is -0.461. The van der Waals surface area contributed by atoms with Gasteiger partial charge < -0.3 is 31.9 Å². The fourth-order valence-electron chi connectivity index (χ4n) is 2.12. The number of carbonyl (C=O) groups is 4. The number of thioether (sulfide) groups is 1. The van der Waals surface area contributed by atoms with Crippen LogP contribution in [0.5, 0.6) is 0 Å². The molecule has 0 spiro atoms. The second-order valence-corrected chi connectivity index (χ2v) is 7.13. The van der Waals surface area contributed by atoms with Crippen LogP contribution in [0.1, 0.15) is 18.4 Å². The monoisotopic (exact) mass is 437 g/mol. The highest BCUT2D eigenvalue weighted by molar-refractivity contribution is 7.99. The summed E-state index contributed by atoms with van der Waals surface area (Å²) in [5.41, 5.74) is 6.64. The number of nitriles is 1. The number of carbonyl (C=O) groups excluding carboxylic acids is 2. The summed E-state index contributed by atoms with van der Waals surface area (Å²) in [5.74, 6) is -3.17. The Morgan fingerprint density at radius 2 is 1.83 bits per heavy atom. The van der Waals surface area contributed by atoms with Crippen molar-refractivity contribution in [1.82, 2.24) is 10.6 Å². The van der Waals surface area contributed by atoms with Gasteiger partial charge in [-0.1, -0.05) is 0 Å². The van der Waals surface area contributed by atoms with E-state index in [0.29, 0.717) is 11.4 Å². The molecule has 0 heterocycles. The number of anilines is 1. The summed E-state index contributed by atoms with van der Waals surface area (Å²) in [6.45, 7) is -0.594. The van der Waals surface area contributed by atoms with Gasteiger partial charge in [-0.2, -0.15) is 5.26 Å². The lowest BCUT2D eigenvalue weighted by Crippen LogP contribution is -2.49. The first-order chi connectivity index (χ1) is 14.2. The Labute approximate surface area is 177 Å². The molecule has 0 fully saturated rings. The molecule has 0 bridgehead atoms. The lowest BCUT2D eigenvalue weighted by atomic mass is 10.1. The molecule has 7 N–H and O–H groups in total. The Balaban J connectivity index is 2.56. The molecule has 2 amide bonds. The fourth-order valence-corrected chi connectivity index (χ4v) is 2.98. The van der Waals surface area contributed by atoms with Gasteiger partial charge >= 0.3 is 11.9 Å². The Morgan fingerprint density at radius 1 is 1.17 bits per heavy atom. The van der Waals surface area contributed by atoms with Gasteiger partial charge in [-0.15, -0.1) is 11.8 Å². The van der Waals surface area contributed by atoms with E-state index in [1.165, 1.54) is 11.8 Å². The first-order valence-electron chi connectivity index (χ1n) is 8.82. The van der Waals surface area contributed by atoms with Gasteiger partial charge in [0.15, 0.2) is 0 Å². The standard InChI is InChI=1S/C18H23N5O6S/c19-7-11-1-3-12(4-2-11)22-10-30-9-14(17(27)21-8-16(25)26)23-15(24)6-5-13(20)18(28)29/h1-4,13-14,22H,5-6,8-10,20H2,(H,21,27)(H,23,24)(H,25,26)(H,28,29)/t13-,14-/m0/s1. The largest absolute Gasteiger partial charge is 0.480 e. The minimum atomic E-state index is -1.23. The highest BCUT2D eigenvalue weighted by atomic mass is 32.2. The molecule has 1 aromatic rings. The van der Waals surface area contributed by atoms with Crippen LogP contribution in [0.4, 0.5) is 5.69 Å². The number of aliphatic carboxylic acids is 2. The number of nitrogens with zero attached hydrogens (tertiary/aromatic N) is 1. The van der Waals surface area contributed by atoms with Crippen molar-refractivity contribution in [3.8, 4) is 6.07 Å². The van der Waals surface area contributed by atoms with Gasteiger partial charge in [-0.3, -0.25) is 19.2 Å². The number of carboxylic acid groups (broad SMARTS) is 2. The number of carboxylic acids is 2. The highest BCUT2D eigenvalue weighted by Crippen LogP contribution is 2.11. The smallest absolute Gasteiger partial charge is 0.322 e. The van der Waals surface area contributed by atoms with Crippen molar-refractivity contribution in [1.29, 1.82) is 5.26 Å². The minimum Gasteiger partial charge on any atom is -0.480 e. The summed E-state index contributed by atoms with van der Waals surface area (Å²) in [6, 6.07) is 6.56. The zero-order chi connectivity index (χ0) is 22.5. The van der Waals surface area contributed by atoms with Crippen LogP contribution in [0.3, 0.4) is 0 Å². The summed E-state index contributed by atoms with van der Waals surface area (Å²) < 4.78 is 0. The maximum absolute atomic E-state index is 12.2. The molecule has 0 radical (unpaired) electrons. The fraction of sp³-hybridized carbons (Fsp3) is 0.389.